The fourth-order valence-corrected chi connectivity index (χ4v) is 5.07. The lowest BCUT2D eigenvalue weighted by molar-refractivity contribution is -0.114. The molecule has 3 aromatic carbocycles. The Morgan fingerprint density at radius 3 is 2.10 bits per heavy atom. The number of anilines is 2. The highest BCUT2D eigenvalue weighted by atomic mass is 79.9. The van der Waals surface area contributed by atoms with Gasteiger partial charge in [-0.2, -0.15) is 0 Å². The molecule has 0 aliphatic rings. The second-order valence-electron chi connectivity index (χ2n) is 7.06. The summed E-state index contributed by atoms with van der Waals surface area (Å²) >= 11 is 3.33. The molecule has 0 radical (unpaired) electrons. The van der Waals surface area contributed by atoms with E-state index in [4.69, 9.17) is 4.74 Å². The molecule has 0 saturated carbocycles. The van der Waals surface area contributed by atoms with Gasteiger partial charge in [0.25, 0.3) is 10.0 Å². The van der Waals surface area contributed by atoms with E-state index in [0.717, 1.165) is 15.4 Å². The molecule has 1 N–H and O–H groups in total. The zero-order valence-electron chi connectivity index (χ0n) is 17.4. The van der Waals surface area contributed by atoms with Crippen LogP contribution in [0.5, 0.6) is 5.75 Å². The van der Waals surface area contributed by atoms with Gasteiger partial charge in [0, 0.05) is 5.69 Å². The minimum Gasteiger partial charge on any atom is -0.496 e. The van der Waals surface area contributed by atoms with Crippen molar-refractivity contribution in [3.63, 3.8) is 0 Å². The number of amides is 1. The molecule has 0 atom stereocenters. The third-order valence-corrected chi connectivity index (χ3v) is 7.05. The van der Waals surface area contributed by atoms with Gasteiger partial charge in [0.15, 0.2) is 0 Å². The van der Waals surface area contributed by atoms with Crippen LogP contribution in [0.3, 0.4) is 0 Å². The molecule has 8 heteroatoms. The molecule has 31 heavy (non-hydrogen) atoms. The lowest BCUT2D eigenvalue weighted by Gasteiger charge is -2.24. The number of aryl methyl sites for hydroxylation is 2. The maximum atomic E-state index is 13.5. The molecule has 162 valence electrons. The molecule has 0 unspecified atom stereocenters. The highest BCUT2D eigenvalue weighted by molar-refractivity contribution is 9.10. The SMILES string of the molecule is COc1ccc(S(=O)(=O)N(CC(=O)Nc2ccc(C)cc2)c2ccc(C)cc2)cc1Br. The van der Waals surface area contributed by atoms with Gasteiger partial charge in [-0.05, 0) is 72.2 Å². The van der Waals surface area contributed by atoms with Gasteiger partial charge in [-0.25, -0.2) is 8.42 Å². The highest BCUT2D eigenvalue weighted by Gasteiger charge is 2.28. The van der Waals surface area contributed by atoms with Crippen molar-refractivity contribution >= 4 is 43.2 Å². The first-order valence-corrected chi connectivity index (χ1v) is 11.7. The fourth-order valence-electron chi connectivity index (χ4n) is 2.93. The maximum Gasteiger partial charge on any atom is 0.264 e. The Kier molecular flexibility index (Phi) is 7.02. The predicted molar refractivity (Wildman–Crippen MR) is 126 cm³/mol. The van der Waals surface area contributed by atoms with Crippen LogP contribution >= 0.6 is 15.9 Å². The number of halogens is 1. The number of methoxy groups -OCH3 is 1. The Balaban J connectivity index is 1.95. The number of rotatable bonds is 7. The van der Waals surface area contributed by atoms with Crippen LogP contribution in [0.2, 0.25) is 0 Å². The lowest BCUT2D eigenvalue weighted by Crippen LogP contribution is -2.38. The van der Waals surface area contributed by atoms with Gasteiger partial charge >= 0.3 is 0 Å². The minimum atomic E-state index is -4.02. The number of hydrogen-bond acceptors (Lipinski definition) is 4. The highest BCUT2D eigenvalue weighted by Crippen LogP contribution is 2.30. The first kappa shape index (κ1) is 22.8. The van der Waals surface area contributed by atoms with E-state index in [0.29, 0.717) is 21.6 Å². The zero-order chi connectivity index (χ0) is 22.6. The topological polar surface area (TPSA) is 75.7 Å². The largest absolute Gasteiger partial charge is 0.496 e. The predicted octanol–water partition coefficient (Wildman–Crippen LogP) is 4.91. The zero-order valence-corrected chi connectivity index (χ0v) is 19.8. The summed E-state index contributed by atoms with van der Waals surface area (Å²) < 4.78 is 33.8. The summed E-state index contributed by atoms with van der Waals surface area (Å²) in [4.78, 5) is 12.8. The van der Waals surface area contributed by atoms with Crippen LogP contribution < -0.4 is 14.4 Å². The number of carbonyl (C=O) groups excluding carboxylic acids is 1. The molecule has 0 aliphatic carbocycles. The molecule has 3 aromatic rings. The average molecular weight is 503 g/mol. The van der Waals surface area contributed by atoms with Crippen LogP contribution in [0.15, 0.2) is 76.1 Å². The van der Waals surface area contributed by atoms with E-state index in [1.54, 1.807) is 42.5 Å². The normalized spacial score (nSPS) is 11.1. The Hall–Kier alpha value is -2.84. The maximum absolute atomic E-state index is 13.5. The smallest absolute Gasteiger partial charge is 0.264 e. The molecule has 0 bridgehead atoms. The molecule has 0 fully saturated rings. The minimum absolute atomic E-state index is 0.0453. The van der Waals surface area contributed by atoms with E-state index in [-0.39, 0.29) is 11.4 Å². The number of sulfonamides is 1. The fraction of sp³-hybridized carbons (Fsp3) is 0.174. The van der Waals surface area contributed by atoms with E-state index in [2.05, 4.69) is 21.2 Å². The number of carbonyl (C=O) groups is 1. The Bertz CT molecular complexity index is 1180. The molecule has 0 aliphatic heterocycles. The number of nitrogens with zero attached hydrogens (tertiary/aromatic N) is 1. The molecular formula is C23H23BrN2O4S. The van der Waals surface area contributed by atoms with E-state index in [1.807, 2.05) is 26.0 Å². The summed E-state index contributed by atoms with van der Waals surface area (Å²) in [6, 6.07) is 18.8. The van der Waals surface area contributed by atoms with Gasteiger partial charge in [-0.1, -0.05) is 35.4 Å². The summed E-state index contributed by atoms with van der Waals surface area (Å²) in [5.41, 5.74) is 3.05. The van der Waals surface area contributed by atoms with Gasteiger partial charge in [0.2, 0.25) is 5.91 Å². The van der Waals surface area contributed by atoms with Crippen molar-refractivity contribution in [2.45, 2.75) is 18.7 Å². The summed E-state index contributed by atoms with van der Waals surface area (Å²) in [5.74, 6) is 0.0681. The summed E-state index contributed by atoms with van der Waals surface area (Å²) in [6.07, 6.45) is 0. The second kappa shape index (κ2) is 9.53. The third-order valence-electron chi connectivity index (χ3n) is 4.66. The molecule has 3 rings (SSSR count). The summed E-state index contributed by atoms with van der Waals surface area (Å²) in [5, 5.41) is 2.76. The van der Waals surface area contributed by atoms with Gasteiger partial charge < -0.3 is 10.1 Å². The van der Waals surface area contributed by atoms with Gasteiger partial charge in [-0.3, -0.25) is 9.10 Å². The van der Waals surface area contributed by atoms with Crippen molar-refractivity contribution in [3.05, 3.63) is 82.3 Å². The quantitative estimate of drug-likeness (QED) is 0.497. The van der Waals surface area contributed by atoms with Crippen molar-refractivity contribution in [2.24, 2.45) is 0 Å². The van der Waals surface area contributed by atoms with Gasteiger partial charge in [0.1, 0.15) is 12.3 Å². The lowest BCUT2D eigenvalue weighted by atomic mass is 10.2. The van der Waals surface area contributed by atoms with Crippen LogP contribution in [0.1, 0.15) is 11.1 Å². The number of ether oxygens (including phenoxy) is 1. The average Bonchev–Trinajstić information content (AvgIpc) is 2.74. The molecule has 1 amide bonds. The Morgan fingerprint density at radius 2 is 1.55 bits per heavy atom. The van der Waals surface area contributed by atoms with Crippen molar-refractivity contribution in [2.75, 3.05) is 23.3 Å². The summed E-state index contributed by atoms with van der Waals surface area (Å²) in [7, 11) is -2.52. The third kappa shape index (κ3) is 5.45. The number of benzene rings is 3. The molecule has 6 nitrogen and oxygen atoms in total. The molecule has 0 spiro atoms. The van der Waals surface area contributed by atoms with Crippen molar-refractivity contribution in [1.29, 1.82) is 0 Å². The van der Waals surface area contributed by atoms with Crippen LogP contribution in [-0.2, 0) is 14.8 Å². The molecule has 0 aromatic heterocycles. The molecule has 0 heterocycles. The van der Waals surface area contributed by atoms with Crippen molar-refractivity contribution in [3.8, 4) is 5.75 Å². The van der Waals surface area contributed by atoms with Crippen molar-refractivity contribution < 1.29 is 17.9 Å². The standard InChI is InChI=1S/C23H23BrN2O4S/c1-16-4-8-18(9-5-16)25-23(27)15-26(19-10-6-17(2)7-11-19)31(28,29)20-12-13-22(30-3)21(24)14-20/h4-14H,15H2,1-3H3,(H,25,27). The van der Waals surface area contributed by atoms with Crippen LogP contribution in [0, 0.1) is 13.8 Å². The molecular weight excluding hydrogens is 480 g/mol. The van der Waals surface area contributed by atoms with Gasteiger partial charge in [0.05, 0.1) is 22.2 Å². The van der Waals surface area contributed by atoms with Crippen LogP contribution in [0.25, 0.3) is 0 Å². The first-order valence-electron chi connectivity index (χ1n) is 9.50. The Morgan fingerprint density at radius 1 is 0.968 bits per heavy atom. The van der Waals surface area contributed by atoms with Crippen molar-refractivity contribution in [1.82, 2.24) is 0 Å². The number of nitrogens with one attached hydrogen (secondary N) is 1. The van der Waals surface area contributed by atoms with Crippen LogP contribution in [0.4, 0.5) is 11.4 Å². The van der Waals surface area contributed by atoms with Crippen LogP contribution in [-0.4, -0.2) is 28.0 Å². The Labute approximate surface area is 191 Å². The first-order chi connectivity index (χ1) is 14.7. The summed E-state index contributed by atoms with van der Waals surface area (Å²) in [6.45, 7) is 3.49. The van der Waals surface area contributed by atoms with Gasteiger partial charge in [-0.15, -0.1) is 0 Å². The molecule has 0 saturated heterocycles. The van der Waals surface area contributed by atoms with E-state index in [1.165, 1.54) is 19.2 Å². The monoisotopic (exact) mass is 502 g/mol. The number of hydrogen-bond donors (Lipinski definition) is 1. The van der Waals surface area contributed by atoms with E-state index < -0.39 is 15.9 Å². The second-order valence-corrected chi connectivity index (χ2v) is 9.77. The van der Waals surface area contributed by atoms with E-state index >= 15 is 0 Å². The van der Waals surface area contributed by atoms with E-state index in [9.17, 15) is 13.2 Å².